The van der Waals surface area contributed by atoms with Gasteiger partial charge in [0.25, 0.3) is 0 Å². The van der Waals surface area contributed by atoms with Gasteiger partial charge in [0.1, 0.15) is 24.0 Å². The van der Waals surface area contributed by atoms with Crippen molar-refractivity contribution in [2.45, 2.75) is 13.0 Å². The van der Waals surface area contributed by atoms with Crippen molar-refractivity contribution < 1.29 is 9.90 Å². The summed E-state index contributed by atoms with van der Waals surface area (Å²) in [7, 11) is 1.88. The van der Waals surface area contributed by atoms with E-state index in [0.717, 1.165) is 5.82 Å². The molecule has 2 heterocycles. The zero-order chi connectivity index (χ0) is 13.7. The summed E-state index contributed by atoms with van der Waals surface area (Å²) in [5, 5.41) is 19.8. The second kappa shape index (κ2) is 6.01. The van der Waals surface area contributed by atoms with Gasteiger partial charge in [-0.3, -0.25) is 0 Å². The summed E-state index contributed by atoms with van der Waals surface area (Å²) in [6, 6.07) is 0. The van der Waals surface area contributed by atoms with E-state index in [4.69, 9.17) is 5.11 Å². The molecule has 0 aliphatic carbocycles. The molecule has 0 atom stereocenters. The second-order valence-electron chi connectivity index (χ2n) is 3.97. The number of hydrogen-bond acceptors (Lipinski definition) is 6. The summed E-state index contributed by atoms with van der Waals surface area (Å²) in [5.41, 5.74) is 0.592. The summed E-state index contributed by atoms with van der Waals surface area (Å²) in [4.78, 5) is 18.6. The minimum atomic E-state index is -1.02. The lowest BCUT2D eigenvalue weighted by Gasteiger charge is -2.06. The molecule has 0 aliphatic heterocycles. The van der Waals surface area contributed by atoms with Crippen LogP contribution in [0.4, 0.5) is 0 Å². The van der Waals surface area contributed by atoms with Crippen molar-refractivity contribution in [1.29, 1.82) is 0 Å². The van der Waals surface area contributed by atoms with Crippen LogP contribution in [0.2, 0.25) is 0 Å². The summed E-state index contributed by atoms with van der Waals surface area (Å²) in [6.07, 6.45) is 4.99. The van der Waals surface area contributed by atoms with E-state index < -0.39 is 5.97 Å². The number of aryl methyl sites for hydroxylation is 1. The maximum absolute atomic E-state index is 11.0. The molecule has 0 unspecified atom stereocenters. The summed E-state index contributed by atoms with van der Waals surface area (Å²) < 4.78 is 1.84. The third-order valence-corrected chi connectivity index (χ3v) is 2.65. The third-order valence-electron chi connectivity index (χ3n) is 2.65. The Bertz CT molecular complexity index is 568. The number of nitrogens with zero attached hydrogens (tertiary/aromatic N) is 5. The molecule has 0 bridgehead atoms. The highest BCUT2D eigenvalue weighted by atomic mass is 16.4. The SMILES string of the molecule is Cn1cnnc1CCNCc1ncncc1C(=O)O. The maximum atomic E-state index is 11.0. The lowest BCUT2D eigenvalue weighted by atomic mass is 10.2. The van der Waals surface area contributed by atoms with E-state index in [0.29, 0.717) is 25.2 Å². The molecule has 0 amide bonds. The normalized spacial score (nSPS) is 10.6. The van der Waals surface area contributed by atoms with Crippen LogP contribution in [0.3, 0.4) is 0 Å². The first-order valence-corrected chi connectivity index (χ1v) is 5.74. The Hall–Kier alpha value is -2.35. The number of nitrogens with one attached hydrogen (secondary N) is 1. The van der Waals surface area contributed by atoms with Gasteiger partial charge < -0.3 is 15.0 Å². The molecule has 0 fully saturated rings. The van der Waals surface area contributed by atoms with Gasteiger partial charge in [-0.05, 0) is 0 Å². The van der Waals surface area contributed by atoms with Crippen molar-refractivity contribution in [3.63, 3.8) is 0 Å². The molecule has 0 aromatic carbocycles. The van der Waals surface area contributed by atoms with Crippen molar-refractivity contribution in [3.05, 3.63) is 35.9 Å². The molecular formula is C11H14N6O2. The van der Waals surface area contributed by atoms with E-state index in [-0.39, 0.29) is 5.56 Å². The molecule has 8 heteroatoms. The highest BCUT2D eigenvalue weighted by Gasteiger charge is 2.10. The number of aromatic carboxylic acids is 1. The van der Waals surface area contributed by atoms with Gasteiger partial charge in [-0.25, -0.2) is 14.8 Å². The van der Waals surface area contributed by atoms with E-state index in [9.17, 15) is 4.79 Å². The smallest absolute Gasteiger partial charge is 0.339 e. The average Bonchev–Trinajstić information content (AvgIpc) is 2.80. The van der Waals surface area contributed by atoms with E-state index in [1.165, 1.54) is 12.5 Å². The Morgan fingerprint density at radius 2 is 2.37 bits per heavy atom. The van der Waals surface area contributed by atoms with Gasteiger partial charge in [-0.15, -0.1) is 10.2 Å². The van der Waals surface area contributed by atoms with E-state index in [2.05, 4.69) is 25.5 Å². The molecule has 2 aromatic heterocycles. The average molecular weight is 262 g/mol. The third kappa shape index (κ3) is 3.32. The van der Waals surface area contributed by atoms with Crippen LogP contribution in [0.1, 0.15) is 21.9 Å². The first kappa shape index (κ1) is 13.1. The minimum Gasteiger partial charge on any atom is -0.478 e. The number of aromatic nitrogens is 5. The van der Waals surface area contributed by atoms with Crippen molar-refractivity contribution in [3.8, 4) is 0 Å². The number of carboxylic acid groups (broad SMARTS) is 1. The Kier molecular flexibility index (Phi) is 4.14. The Labute approximate surface area is 109 Å². The number of carboxylic acids is 1. The van der Waals surface area contributed by atoms with Crippen LogP contribution < -0.4 is 5.32 Å². The number of hydrogen-bond donors (Lipinski definition) is 2. The molecule has 2 aromatic rings. The lowest BCUT2D eigenvalue weighted by molar-refractivity contribution is 0.0694. The van der Waals surface area contributed by atoms with Crippen LogP contribution >= 0.6 is 0 Å². The first-order chi connectivity index (χ1) is 9.18. The van der Waals surface area contributed by atoms with Crippen LogP contribution in [0, 0.1) is 0 Å². The molecule has 19 heavy (non-hydrogen) atoms. The molecule has 0 saturated heterocycles. The van der Waals surface area contributed by atoms with Crippen LogP contribution in [0.15, 0.2) is 18.9 Å². The van der Waals surface area contributed by atoms with E-state index in [1.54, 1.807) is 6.33 Å². The Morgan fingerprint density at radius 3 is 3.05 bits per heavy atom. The highest BCUT2D eigenvalue weighted by Crippen LogP contribution is 2.03. The van der Waals surface area contributed by atoms with E-state index in [1.807, 2.05) is 11.6 Å². The second-order valence-corrected chi connectivity index (χ2v) is 3.97. The van der Waals surface area contributed by atoms with Crippen molar-refractivity contribution in [2.24, 2.45) is 7.05 Å². The van der Waals surface area contributed by atoms with Crippen LogP contribution in [0.5, 0.6) is 0 Å². The molecule has 2 rings (SSSR count). The van der Waals surface area contributed by atoms with Gasteiger partial charge >= 0.3 is 5.97 Å². The fraction of sp³-hybridized carbons (Fsp3) is 0.364. The lowest BCUT2D eigenvalue weighted by Crippen LogP contribution is -2.20. The molecule has 0 radical (unpaired) electrons. The van der Waals surface area contributed by atoms with E-state index >= 15 is 0 Å². The van der Waals surface area contributed by atoms with Gasteiger partial charge in [0.2, 0.25) is 0 Å². The van der Waals surface area contributed by atoms with Gasteiger partial charge in [-0.1, -0.05) is 0 Å². The van der Waals surface area contributed by atoms with Gasteiger partial charge in [0, 0.05) is 32.8 Å². The molecule has 0 aliphatic rings. The zero-order valence-electron chi connectivity index (χ0n) is 10.4. The van der Waals surface area contributed by atoms with Crippen molar-refractivity contribution in [2.75, 3.05) is 6.54 Å². The molecule has 8 nitrogen and oxygen atoms in total. The number of rotatable bonds is 6. The van der Waals surface area contributed by atoms with Crippen molar-refractivity contribution >= 4 is 5.97 Å². The fourth-order valence-electron chi connectivity index (χ4n) is 1.61. The molecular weight excluding hydrogens is 248 g/mol. The summed E-state index contributed by atoms with van der Waals surface area (Å²) in [5.74, 6) is -0.153. The Morgan fingerprint density at radius 1 is 1.53 bits per heavy atom. The minimum absolute atomic E-state index is 0.119. The van der Waals surface area contributed by atoms with Gasteiger partial charge in [0.05, 0.1) is 5.69 Å². The fourth-order valence-corrected chi connectivity index (χ4v) is 1.61. The van der Waals surface area contributed by atoms with Crippen LogP contribution in [-0.4, -0.2) is 42.4 Å². The quantitative estimate of drug-likeness (QED) is 0.684. The maximum Gasteiger partial charge on any atom is 0.339 e. The molecule has 0 saturated carbocycles. The van der Waals surface area contributed by atoms with Crippen molar-refractivity contribution in [1.82, 2.24) is 30.0 Å². The topological polar surface area (TPSA) is 106 Å². The highest BCUT2D eigenvalue weighted by molar-refractivity contribution is 5.88. The van der Waals surface area contributed by atoms with Gasteiger partial charge in [-0.2, -0.15) is 0 Å². The summed E-state index contributed by atoms with van der Waals surface area (Å²) in [6.45, 7) is 1.04. The monoisotopic (exact) mass is 262 g/mol. The predicted octanol–water partition coefficient (Wildman–Crippen LogP) is -0.364. The molecule has 2 N–H and O–H groups in total. The number of carbonyl (C=O) groups is 1. The van der Waals surface area contributed by atoms with Crippen LogP contribution in [0.25, 0.3) is 0 Å². The Balaban J connectivity index is 1.86. The standard InChI is InChI=1S/C11H14N6O2/c1-17-7-15-16-10(17)2-3-12-5-9-8(11(18)19)4-13-6-14-9/h4,6-7,12H,2-3,5H2,1H3,(H,18,19). The molecule has 0 spiro atoms. The molecule has 100 valence electrons. The first-order valence-electron chi connectivity index (χ1n) is 5.74. The van der Waals surface area contributed by atoms with Gasteiger partial charge in [0.15, 0.2) is 0 Å². The van der Waals surface area contributed by atoms with Crippen LogP contribution in [-0.2, 0) is 20.0 Å². The zero-order valence-corrected chi connectivity index (χ0v) is 10.4. The largest absolute Gasteiger partial charge is 0.478 e. The predicted molar refractivity (Wildman–Crippen MR) is 65.4 cm³/mol. The summed E-state index contributed by atoms with van der Waals surface area (Å²) >= 11 is 0.